The van der Waals surface area contributed by atoms with Crippen molar-refractivity contribution in [2.24, 2.45) is 20.5 Å². The van der Waals surface area contributed by atoms with Crippen LogP contribution in [0.1, 0.15) is 0 Å². The zero-order chi connectivity index (χ0) is 44.6. The third-order valence-electron chi connectivity index (χ3n) is 7.44. The summed E-state index contributed by atoms with van der Waals surface area (Å²) in [6.07, 6.45) is 0. The van der Waals surface area contributed by atoms with Crippen molar-refractivity contribution in [3.05, 3.63) is 59.9 Å². The van der Waals surface area contributed by atoms with E-state index >= 15 is 0 Å². The van der Waals surface area contributed by atoms with Crippen LogP contribution in [-0.4, -0.2) is 99.8 Å². The van der Waals surface area contributed by atoms with Crippen LogP contribution in [0, 0.1) is 0 Å². The number of phenols is 1. The highest BCUT2D eigenvalue weighted by molar-refractivity contribution is 7.91. The number of sulfone groups is 1. The van der Waals surface area contributed by atoms with Gasteiger partial charge in [-0.1, -0.05) is 0 Å². The highest BCUT2D eigenvalue weighted by Crippen LogP contribution is 2.48. The summed E-state index contributed by atoms with van der Waals surface area (Å²) in [4.78, 5) is 7.78. The second-order valence-corrected chi connectivity index (χ2v) is 19.1. The fourth-order valence-electron chi connectivity index (χ4n) is 4.90. The predicted octanol–water partition coefficient (Wildman–Crippen LogP) is 3.88. The van der Waals surface area contributed by atoms with Crippen LogP contribution in [0.2, 0.25) is 5.28 Å². The Balaban J connectivity index is 1.63. The first kappa shape index (κ1) is 45.5. The van der Waals surface area contributed by atoms with Crippen LogP contribution in [0.25, 0.3) is 10.8 Å². The van der Waals surface area contributed by atoms with Gasteiger partial charge < -0.3 is 20.9 Å². The van der Waals surface area contributed by atoms with Gasteiger partial charge in [0.1, 0.15) is 31.7 Å². The number of hydrogen-bond donors (Lipinski definition) is 7. The Kier molecular flexibility index (Phi) is 12.7. The van der Waals surface area contributed by atoms with E-state index in [0.717, 1.165) is 42.5 Å². The molecule has 0 saturated carbocycles. The van der Waals surface area contributed by atoms with Crippen molar-refractivity contribution in [2.45, 2.75) is 19.6 Å². The number of anilines is 3. The minimum atomic E-state index is -5.42. The Labute approximate surface area is 342 Å². The maximum absolute atomic E-state index is 12.5. The Morgan fingerprint density at radius 2 is 1.32 bits per heavy atom. The van der Waals surface area contributed by atoms with Gasteiger partial charge in [-0.2, -0.15) is 53.7 Å². The minimum absolute atomic E-state index is 0.0445. The molecule has 0 radical (unpaired) electrons. The van der Waals surface area contributed by atoms with E-state index in [0.29, 0.717) is 12.1 Å². The SMILES string of the molecule is COc1nc(Cl)nc(Nc2ccc(S(=O)(=O)O)c(N=Nc3c(S(=O)(=O)O)cc4cc(S(=O)(=O)O)c(N=Nc5ccc(S(=O)(=O)CCOS(=O)(=O)O)cc5)c(N)c4c3O)c2)n1. The molecule has 32 heteroatoms. The number of aromatic nitrogens is 3. The molecule has 1 heterocycles. The summed E-state index contributed by atoms with van der Waals surface area (Å²) in [6.45, 7) is -0.921. The third-order valence-corrected chi connectivity index (χ3v) is 12.4. The van der Waals surface area contributed by atoms with Gasteiger partial charge in [0.05, 0.1) is 41.1 Å². The minimum Gasteiger partial charge on any atom is -0.505 e. The van der Waals surface area contributed by atoms with Crippen molar-refractivity contribution in [1.29, 1.82) is 0 Å². The lowest BCUT2D eigenvalue weighted by atomic mass is 10.1. The maximum Gasteiger partial charge on any atom is 0.397 e. The first-order valence-corrected chi connectivity index (χ1v) is 23.1. The Hall–Kier alpha value is -5.61. The van der Waals surface area contributed by atoms with Crippen molar-refractivity contribution in [2.75, 3.05) is 30.5 Å². The summed E-state index contributed by atoms with van der Waals surface area (Å²) in [5, 5.41) is 27.3. The normalized spacial score (nSPS) is 13.0. The summed E-state index contributed by atoms with van der Waals surface area (Å²) in [7, 11) is -23.7. The van der Waals surface area contributed by atoms with Gasteiger partial charge in [-0.15, -0.1) is 15.3 Å². The van der Waals surface area contributed by atoms with Gasteiger partial charge in [-0.25, -0.2) is 12.6 Å². The number of rotatable bonds is 15. The maximum atomic E-state index is 12.5. The van der Waals surface area contributed by atoms with Gasteiger partial charge in [-0.05, 0) is 71.6 Å². The van der Waals surface area contributed by atoms with E-state index in [9.17, 15) is 60.9 Å². The average molecular weight is 954 g/mol. The second kappa shape index (κ2) is 16.8. The molecular formula is C28H24ClN9O17S5. The van der Waals surface area contributed by atoms with E-state index in [4.69, 9.17) is 26.6 Å². The van der Waals surface area contributed by atoms with E-state index in [1.807, 2.05) is 0 Å². The molecule has 0 fully saturated rings. The first-order valence-electron chi connectivity index (χ1n) is 15.4. The number of phenolic OH excluding ortho intramolecular Hbond substituents is 1. The standard InChI is InChI=1S/C28H24ClN9O17S5/c1-54-28-33-26(29)32-27(34-28)31-15-4-7-18(57(42,43)44)17(12-15)36-38-24-20(59(48,49)50)11-13-10-19(58(45,46)47)23(22(30)21(13)25(24)39)37-35-14-2-5-16(6-3-14)56(40,41)9-8-55-60(51,52)53/h2-7,10-12,39H,8-9,30H2,1H3,(H,42,43,44)(H,45,46,47)(H,48,49,50)(H,51,52,53)(H,31,32,33,34). The molecular weight excluding hydrogens is 930 g/mol. The average Bonchev–Trinajstić information content (AvgIpc) is 3.11. The van der Waals surface area contributed by atoms with E-state index < -0.39 is 117 Å². The van der Waals surface area contributed by atoms with E-state index in [1.54, 1.807) is 0 Å². The molecule has 60 heavy (non-hydrogen) atoms. The third kappa shape index (κ3) is 10.8. The molecule has 0 aliphatic carbocycles. The Morgan fingerprint density at radius 1 is 0.733 bits per heavy atom. The lowest BCUT2D eigenvalue weighted by molar-refractivity contribution is 0.284. The topological polar surface area (TPSA) is 416 Å². The van der Waals surface area contributed by atoms with Crippen LogP contribution >= 0.6 is 11.6 Å². The highest BCUT2D eigenvalue weighted by Gasteiger charge is 2.28. The number of nitrogens with two attached hydrogens (primary N) is 1. The lowest BCUT2D eigenvalue weighted by Crippen LogP contribution is -2.15. The van der Waals surface area contributed by atoms with Crippen molar-refractivity contribution >= 4 is 113 Å². The summed E-state index contributed by atoms with van der Waals surface area (Å²) in [6, 6.07) is 7.89. The van der Waals surface area contributed by atoms with Crippen LogP contribution in [-0.2, 0) is 54.8 Å². The van der Waals surface area contributed by atoms with Crippen molar-refractivity contribution < 1.29 is 74.3 Å². The predicted molar refractivity (Wildman–Crippen MR) is 205 cm³/mol. The number of azo groups is 2. The number of ether oxygens (including phenoxy) is 1. The van der Waals surface area contributed by atoms with Crippen LogP contribution in [0.15, 0.2) is 94.6 Å². The number of methoxy groups -OCH3 is 1. The zero-order valence-corrected chi connectivity index (χ0v) is 34.2. The number of fused-ring (bicyclic) bond motifs is 1. The number of benzene rings is 4. The van der Waals surface area contributed by atoms with Gasteiger partial charge >= 0.3 is 16.4 Å². The van der Waals surface area contributed by atoms with Gasteiger partial charge in [0, 0.05) is 5.69 Å². The van der Waals surface area contributed by atoms with Crippen LogP contribution in [0.3, 0.4) is 0 Å². The summed E-state index contributed by atoms with van der Waals surface area (Å²) < 4.78 is 168. The fraction of sp³-hybridized carbons (Fsp3) is 0.107. The van der Waals surface area contributed by atoms with Crippen molar-refractivity contribution in [3.63, 3.8) is 0 Å². The van der Waals surface area contributed by atoms with Crippen LogP contribution < -0.4 is 15.8 Å². The summed E-state index contributed by atoms with van der Waals surface area (Å²) in [5.41, 5.74) is 2.46. The summed E-state index contributed by atoms with van der Waals surface area (Å²) in [5.74, 6) is -2.33. The van der Waals surface area contributed by atoms with Gasteiger partial charge in [0.25, 0.3) is 30.4 Å². The molecule has 320 valence electrons. The monoisotopic (exact) mass is 953 g/mol. The van der Waals surface area contributed by atoms with Crippen molar-refractivity contribution in [3.8, 4) is 11.8 Å². The molecule has 0 aliphatic heterocycles. The molecule has 0 saturated heterocycles. The molecule has 1 aromatic heterocycles. The molecule has 26 nitrogen and oxygen atoms in total. The molecule has 0 bridgehead atoms. The van der Waals surface area contributed by atoms with E-state index in [-0.39, 0.29) is 33.5 Å². The second-order valence-electron chi connectivity index (χ2n) is 11.4. The smallest absolute Gasteiger partial charge is 0.397 e. The first-order chi connectivity index (χ1) is 27.7. The number of halogens is 1. The van der Waals surface area contributed by atoms with Gasteiger partial charge in [0.2, 0.25) is 11.2 Å². The van der Waals surface area contributed by atoms with Gasteiger partial charge in [0.15, 0.2) is 15.6 Å². The molecule has 0 aliphatic rings. The quantitative estimate of drug-likeness (QED) is 0.0444. The molecule has 5 rings (SSSR count). The largest absolute Gasteiger partial charge is 0.505 e. The lowest BCUT2D eigenvalue weighted by Gasteiger charge is -2.14. The molecule has 5 aromatic rings. The number of nitrogens with zero attached hydrogens (tertiary/aromatic N) is 7. The Bertz CT molecular complexity index is 3190. The molecule has 8 N–H and O–H groups in total. The highest BCUT2D eigenvalue weighted by atomic mass is 35.5. The summed E-state index contributed by atoms with van der Waals surface area (Å²) >= 11 is 5.85. The van der Waals surface area contributed by atoms with Crippen LogP contribution in [0.5, 0.6) is 11.8 Å². The molecule has 0 atom stereocenters. The van der Waals surface area contributed by atoms with E-state index in [1.165, 1.54) is 7.11 Å². The molecule has 4 aromatic carbocycles. The van der Waals surface area contributed by atoms with Crippen LogP contribution in [0.4, 0.5) is 40.1 Å². The van der Waals surface area contributed by atoms with E-state index in [2.05, 4.69) is 44.9 Å². The Morgan fingerprint density at radius 3 is 1.88 bits per heavy atom. The zero-order valence-electron chi connectivity index (χ0n) is 29.4. The molecule has 0 unspecified atom stereocenters. The molecule has 0 spiro atoms. The number of nitrogens with one attached hydrogen (secondary N) is 1. The van der Waals surface area contributed by atoms with Gasteiger partial charge in [-0.3, -0.25) is 18.2 Å². The number of hydrogen-bond acceptors (Lipinski definition) is 22. The number of aromatic hydroxyl groups is 1. The fourth-order valence-corrected chi connectivity index (χ4v) is 8.48. The van der Waals surface area contributed by atoms with Crippen molar-refractivity contribution in [1.82, 2.24) is 15.0 Å². The molecule has 0 amide bonds. The number of nitrogen functional groups attached to an aromatic ring is 1.